The summed E-state index contributed by atoms with van der Waals surface area (Å²) in [7, 11) is 0. The first-order valence-electron chi connectivity index (χ1n) is 4.96. The zero-order valence-electron chi connectivity index (χ0n) is 8.50. The lowest BCUT2D eigenvalue weighted by molar-refractivity contribution is 0.574. The van der Waals surface area contributed by atoms with Crippen molar-refractivity contribution in [1.82, 2.24) is 15.3 Å². The number of rotatable bonds is 2. The Bertz CT molecular complexity index is 506. The van der Waals surface area contributed by atoms with Crippen LogP contribution in [0, 0.1) is 0 Å². The quantitative estimate of drug-likeness (QED) is 0.822. The molecule has 5 nitrogen and oxygen atoms in total. The summed E-state index contributed by atoms with van der Waals surface area (Å²) in [5, 5.41) is 3.12. The summed E-state index contributed by atoms with van der Waals surface area (Å²) in [5.41, 5.74) is 1.92. The van der Waals surface area contributed by atoms with E-state index in [1.54, 1.807) is 24.9 Å². The van der Waals surface area contributed by atoms with Crippen LogP contribution in [0.4, 0.5) is 5.69 Å². The average Bonchev–Trinajstić information content (AvgIpc) is 3.03. The third kappa shape index (κ3) is 1.42. The molecule has 0 aliphatic carbocycles. The SMILES string of the molecule is C1=CN(c2ccncc2-c2ncco2)CN1. The molecule has 2 aromatic rings. The van der Waals surface area contributed by atoms with Gasteiger partial charge in [0.25, 0.3) is 0 Å². The maximum Gasteiger partial charge on any atom is 0.229 e. The van der Waals surface area contributed by atoms with Crippen LogP contribution < -0.4 is 10.2 Å². The Kier molecular flexibility index (Phi) is 2.07. The second-order valence-electron chi connectivity index (χ2n) is 3.38. The van der Waals surface area contributed by atoms with E-state index in [1.165, 1.54) is 0 Å². The molecule has 1 aliphatic rings. The molecule has 0 bridgehead atoms. The van der Waals surface area contributed by atoms with Gasteiger partial charge in [-0.2, -0.15) is 0 Å². The van der Waals surface area contributed by atoms with Crippen molar-refractivity contribution in [1.29, 1.82) is 0 Å². The van der Waals surface area contributed by atoms with Gasteiger partial charge in [-0.15, -0.1) is 0 Å². The first-order chi connectivity index (χ1) is 7.95. The van der Waals surface area contributed by atoms with Crippen molar-refractivity contribution in [3.63, 3.8) is 0 Å². The molecule has 0 amide bonds. The zero-order valence-corrected chi connectivity index (χ0v) is 8.50. The predicted octanol–water partition coefficient (Wildman–Crippen LogP) is 1.57. The van der Waals surface area contributed by atoms with Gasteiger partial charge in [0.1, 0.15) is 6.26 Å². The Balaban J connectivity index is 2.07. The Morgan fingerprint density at radius 2 is 2.38 bits per heavy atom. The van der Waals surface area contributed by atoms with Crippen molar-refractivity contribution in [2.24, 2.45) is 0 Å². The molecule has 16 heavy (non-hydrogen) atoms. The Labute approximate surface area is 92.4 Å². The van der Waals surface area contributed by atoms with Gasteiger partial charge in [0, 0.05) is 24.8 Å². The van der Waals surface area contributed by atoms with E-state index in [-0.39, 0.29) is 0 Å². The van der Waals surface area contributed by atoms with Crippen LogP contribution in [0.5, 0.6) is 0 Å². The highest BCUT2D eigenvalue weighted by Gasteiger charge is 2.15. The van der Waals surface area contributed by atoms with E-state index >= 15 is 0 Å². The number of aromatic nitrogens is 2. The molecule has 0 aromatic carbocycles. The molecule has 0 fully saturated rings. The minimum Gasteiger partial charge on any atom is -0.444 e. The smallest absolute Gasteiger partial charge is 0.229 e. The normalized spacial score (nSPS) is 14.1. The van der Waals surface area contributed by atoms with E-state index in [9.17, 15) is 0 Å². The van der Waals surface area contributed by atoms with Gasteiger partial charge in [0.2, 0.25) is 5.89 Å². The number of anilines is 1. The van der Waals surface area contributed by atoms with Crippen molar-refractivity contribution in [3.05, 3.63) is 43.3 Å². The van der Waals surface area contributed by atoms with E-state index in [0.29, 0.717) is 5.89 Å². The number of hydrogen-bond acceptors (Lipinski definition) is 5. The fraction of sp³-hybridized carbons (Fsp3) is 0.0909. The minimum absolute atomic E-state index is 0.586. The maximum absolute atomic E-state index is 5.30. The predicted molar refractivity (Wildman–Crippen MR) is 59.4 cm³/mol. The molecule has 0 spiro atoms. The number of hydrogen-bond donors (Lipinski definition) is 1. The molecule has 3 heterocycles. The summed E-state index contributed by atoms with van der Waals surface area (Å²) >= 11 is 0. The standard InChI is InChI=1S/C11H10N4O/c1-2-12-7-9(11-14-4-6-16-11)10(1)15-5-3-13-8-15/h1-7,13H,8H2. The number of nitrogens with zero attached hydrogens (tertiary/aromatic N) is 3. The fourth-order valence-corrected chi connectivity index (χ4v) is 1.67. The van der Waals surface area contributed by atoms with Gasteiger partial charge in [-0.1, -0.05) is 0 Å². The molecule has 5 heteroatoms. The lowest BCUT2D eigenvalue weighted by atomic mass is 10.2. The van der Waals surface area contributed by atoms with E-state index in [4.69, 9.17) is 4.42 Å². The van der Waals surface area contributed by atoms with Crippen molar-refractivity contribution in [2.45, 2.75) is 0 Å². The maximum atomic E-state index is 5.30. The minimum atomic E-state index is 0.586. The van der Waals surface area contributed by atoms with E-state index in [1.807, 2.05) is 18.5 Å². The molecule has 1 N–H and O–H groups in total. The van der Waals surface area contributed by atoms with Crippen LogP contribution in [0.1, 0.15) is 0 Å². The molecule has 0 atom stereocenters. The lowest BCUT2D eigenvalue weighted by Gasteiger charge is -2.16. The highest BCUT2D eigenvalue weighted by molar-refractivity contribution is 5.73. The molecule has 1 aliphatic heterocycles. The summed E-state index contributed by atoms with van der Waals surface area (Å²) in [6.45, 7) is 0.748. The summed E-state index contributed by atoms with van der Waals surface area (Å²) in [6.07, 6.45) is 10.6. The molecule has 0 saturated heterocycles. The van der Waals surface area contributed by atoms with Crippen molar-refractivity contribution in [2.75, 3.05) is 11.6 Å². The molecular weight excluding hydrogens is 204 g/mol. The van der Waals surface area contributed by atoms with Gasteiger partial charge in [0.15, 0.2) is 0 Å². The molecular formula is C11H10N4O. The Hall–Kier alpha value is -2.30. The van der Waals surface area contributed by atoms with Crippen molar-refractivity contribution in [3.8, 4) is 11.5 Å². The number of pyridine rings is 1. The van der Waals surface area contributed by atoms with Crippen LogP contribution in [0.25, 0.3) is 11.5 Å². The third-order valence-corrected chi connectivity index (χ3v) is 2.40. The van der Waals surface area contributed by atoms with Crippen LogP contribution in [-0.4, -0.2) is 16.6 Å². The molecule has 0 saturated carbocycles. The Morgan fingerprint density at radius 1 is 1.38 bits per heavy atom. The van der Waals surface area contributed by atoms with Crippen LogP contribution in [0.3, 0.4) is 0 Å². The van der Waals surface area contributed by atoms with Gasteiger partial charge in [-0.3, -0.25) is 4.98 Å². The monoisotopic (exact) mass is 214 g/mol. The van der Waals surface area contributed by atoms with Gasteiger partial charge in [-0.25, -0.2) is 4.98 Å². The molecule has 0 unspecified atom stereocenters. The second kappa shape index (κ2) is 3.69. The van der Waals surface area contributed by atoms with Crippen molar-refractivity contribution >= 4 is 5.69 Å². The summed E-state index contributed by atoms with van der Waals surface area (Å²) < 4.78 is 5.30. The second-order valence-corrected chi connectivity index (χ2v) is 3.38. The fourth-order valence-electron chi connectivity index (χ4n) is 1.67. The van der Waals surface area contributed by atoms with E-state index < -0.39 is 0 Å². The lowest BCUT2D eigenvalue weighted by Crippen LogP contribution is -2.20. The summed E-state index contributed by atoms with van der Waals surface area (Å²) in [4.78, 5) is 10.3. The first kappa shape index (κ1) is 8.96. The van der Waals surface area contributed by atoms with Gasteiger partial charge >= 0.3 is 0 Å². The number of oxazole rings is 1. The highest BCUT2D eigenvalue weighted by Crippen LogP contribution is 2.29. The summed E-state index contributed by atoms with van der Waals surface area (Å²) in [5.74, 6) is 0.586. The van der Waals surface area contributed by atoms with E-state index in [0.717, 1.165) is 17.9 Å². The average molecular weight is 214 g/mol. The number of nitrogens with one attached hydrogen (secondary N) is 1. The molecule has 3 rings (SSSR count). The van der Waals surface area contributed by atoms with Crippen LogP contribution in [0.15, 0.2) is 47.7 Å². The first-order valence-corrected chi connectivity index (χ1v) is 4.96. The molecule has 0 radical (unpaired) electrons. The van der Waals surface area contributed by atoms with Crippen LogP contribution >= 0.6 is 0 Å². The zero-order chi connectivity index (χ0) is 10.8. The topological polar surface area (TPSA) is 54.2 Å². The van der Waals surface area contributed by atoms with Crippen molar-refractivity contribution < 1.29 is 4.42 Å². The highest BCUT2D eigenvalue weighted by atomic mass is 16.3. The Morgan fingerprint density at radius 3 is 3.12 bits per heavy atom. The van der Waals surface area contributed by atoms with Crippen LogP contribution in [0.2, 0.25) is 0 Å². The van der Waals surface area contributed by atoms with Crippen LogP contribution in [-0.2, 0) is 0 Å². The third-order valence-electron chi connectivity index (χ3n) is 2.40. The van der Waals surface area contributed by atoms with Gasteiger partial charge in [-0.05, 0) is 6.07 Å². The molecule has 2 aromatic heterocycles. The largest absolute Gasteiger partial charge is 0.444 e. The van der Waals surface area contributed by atoms with Gasteiger partial charge < -0.3 is 14.6 Å². The van der Waals surface area contributed by atoms with E-state index in [2.05, 4.69) is 20.2 Å². The van der Waals surface area contributed by atoms with Gasteiger partial charge in [0.05, 0.1) is 24.1 Å². The molecule has 80 valence electrons. The summed E-state index contributed by atoms with van der Waals surface area (Å²) in [6, 6.07) is 1.94.